The molecular formula is C18H24N6O2. The van der Waals surface area contributed by atoms with Gasteiger partial charge in [-0.05, 0) is 40.7 Å². The highest BCUT2D eigenvalue weighted by molar-refractivity contribution is 5.93. The summed E-state index contributed by atoms with van der Waals surface area (Å²) < 4.78 is 5.40. The van der Waals surface area contributed by atoms with Gasteiger partial charge in [0.05, 0.1) is 23.1 Å². The van der Waals surface area contributed by atoms with Crippen molar-refractivity contribution in [2.24, 2.45) is 0 Å². The Morgan fingerprint density at radius 3 is 2.50 bits per heavy atom. The first-order chi connectivity index (χ1) is 12.4. The largest absolute Gasteiger partial charge is 0.339 e. The fourth-order valence-corrected chi connectivity index (χ4v) is 3.28. The summed E-state index contributed by atoms with van der Waals surface area (Å²) in [5.74, 6) is 1.74. The van der Waals surface area contributed by atoms with Gasteiger partial charge in [-0.1, -0.05) is 5.16 Å². The average Bonchev–Trinajstić information content (AvgIpc) is 3.35. The van der Waals surface area contributed by atoms with Crippen LogP contribution >= 0.6 is 0 Å². The molecule has 1 aliphatic heterocycles. The topological polar surface area (TPSA) is 88.3 Å². The van der Waals surface area contributed by atoms with E-state index in [1.807, 2.05) is 32.7 Å². The van der Waals surface area contributed by atoms with E-state index in [2.05, 4.69) is 25.0 Å². The predicted octanol–water partition coefficient (Wildman–Crippen LogP) is 1.79. The highest BCUT2D eigenvalue weighted by Gasteiger charge is 2.35. The molecule has 0 spiro atoms. The van der Waals surface area contributed by atoms with Crippen LogP contribution in [-0.4, -0.2) is 62.5 Å². The van der Waals surface area contributed by atoms with Crippen LogP contribution in [0.25, 0.3) is 0 Å². The normalized spacial score (nSPS) is 21.2. The molecule has 4 rings (SSSR count). The molecule has 2 fully saturated rings. The van der Waals surface area contributed by atoms with Gasteiger partial charge in [0.2, 0.25) is 5.89 Å². The van der Waals surface area contributed by atoms with Crippen LogP contribution in [0.15, 0.2) is 4.52 Å². The van der Waals surface area contributed by atoms with Crippen molar-refractivity contribution >= 4 is 5.91 Å². The Morgan fingerprint density at radius 2 is 1.77 bits per heavy atom. The molecule has 1 amide bonds. The van der Waals surface area contributed by atoms with Gasteiger partial charge in [-0.15, -0.1) is 0 Å². The Bertz CT molecular complexity index is 844. The second-order valence-electron chi connectivity index (χ2n) is 7.34. The molecule has 0 bridgehead atoms. The molecule has 138 valence electrons. The summed E-state index contributed by atoms with van der Waals surface area (Å²) in [6, 6.07) is -0.0660. The lowest BCUT2D eigenvalue weighted by Crippen LogP contribution is -2.49. The number of carbonyl (C=O) groups is 1. The first-order valence-electron chi connectivity index (χ1n) is 9.09. The number of piperazine rings is 1. The maximum Gasteiger partial charge on any atom is 0.274 e. The van der Waals surface area contributed by atoms with Gasteiger partial charge in [0.25, 0.3) is 5.91 Å². The van der Waals surface area contributed by atoms with E-state index in [9.17, 15) is 4.79 Å². The first-order valence-corrected chi connectivity index (χ1v) is 9.09. The van der Waals surface area contributed by atoms with Crippen molar-refractivity contribution in [1.82, 2.24) is 29.9 Å². The molecule has 0 N–H and O–H groups in total. The van der Waals surface area contributed by atoms with E-state index in [0.717, 1.165) is 36.7 Å². The molecule has 2 aromatic heterocycles. The molecule has 1 saturated heterocycles. The van der Waals surface area contributed by atoms with Crippen molar-refractivity contribution < 1.29 is 9.32 Å². The molecule has 1 atom stereocenters. The third kappa shape index (κ3) is 3.09. The van der Waals surface area contributed by atoms with Crippen molar-refractivity contribution in [3.05, 3.63) is 34.5 Å². The number of carbonyl (C=O) groups excluding carboxylic acids is 1. The number of hydrogen-bond acceptors (Lipinski definition) is 7. The summed E-state index contributed by atoms with van der Waals surface area (Å²) in [5, 5.41) is 4.17. The van der Waals surface area contributed by atoms with Gasteiger partial charge in [0, 0.05) is 25.6 Å². The third-order valence-corrected chi connectivity index (χ3v) is 5.30. The minimum Gasteiger partial charge on any atom is -0.339 e. The molecule has 1 aliphatic carbocycles. The fraction of sp³-hybridized carbons (Fsp3) is 0.611. The zero-order valence-corrected chi connectivity index (χ0v) is 15.7. The van der Waals surface area contributed by atoms with Crippen molar-refractivity contribution in [3.8, 4) is 0 Å². The summed E-state index contributed by atoms with van der Waals surface area (Å²) in [7, 11) is 2.03. The smallest absolute Gasteiger partial charge is 0.274 e. The van der Waals surface area contributed by atoms with Gasteiger partial charge in [0.15, 0.2) is 5.82 Å². The molecule has 1 unspecified atom stereocenters. The Morgan fingerprint density at radius 1 is 1.04 bits per heavy atom. The molecule has 0 radical (unpaired) electrons. The van der Waals surface area contributed by atoms with Crippen LogP contribution < -0.4 is 0 Å². The maximum absolute atomic E-state index is 13.0. The first kappa shape index (κ1) is 17.1. The number of aryl methyl sites for hydroxylation is 3. The van der Waals surface area contributed by atoms with Gasteiger partial charge in [-0.2, -0.15) is 4.98 Å². The van der Waals surface area contributed by atoms with E-state index in [4.69, 9.17) is 4.52 Å². The van der Waals surface area contributed by atoms with Gasteiger partial charge in [-0.3, -0.25) is 14.7 Å². The van der Waals surface area contributed by atoms with E-state index < -0.39 is 0 Å². The van der Waals surface area contributed by atoms with E-state index in [1.165, 1.54) is 0 Å². The number of likely N-dealkylation sites (N-methyl/N-ethyl adjacent to an activating group) is 1. The lowest BCUT2D eigenvalue weighted by Gasteiger charge is -2.37. The minimum absolute atomic E-state index is 0.0660. The van der Waals surface area contributed by atoms with E-state index in [1.54, 1.807) is 0 Å². The number of rotatable bonds is 3. The summed E-state index contributed by atoms with van der Waals surface area (Å²) >= 11 is 0. The molecule has 2 aliphatic rings. The summed E-state index contributed by atoms with van der Waals surface area (Å²) in [4.78, 5) is 30.5. The number of amides is 1. The SMILES string of the molecule is Cc1nc(C)c(C(=O)N2CCN(C)C(c3noc(C4CC4)n3)C2)nc1C. The number of nitrogens with zero attached hydrogens (tertiary/aromatic N) is 6. The van der Waals surface area contributed by atoms with Crippen LogP contribution in [0, 0.1) is 20.8 Å². The number of aromatic nitrogens is 4. The molecule has 1 saturated carbocycles. The monoisotopic (exact) mass is 356 g/mol. The molecule has 3 heterocycles. The van der Waals surface area contributed by atoms with E-state index in [-0.39, 0.29) is 11.9 Å². The van der Waals surface area contributed by atoms with Crippen LogP contribution in [-0.2, 0) is 0 Å². The van der Waals surface area contributed by atoms with E-state index >= 15 is 0 Å². The highest BCUT2D eigenvalue weighted by atomic mass is 16.5. The third-order valence-electron chi connectivity index (χ3n) is 5.30. The van der Waals surface area contributed by atoms with Crippen molar-refractivity contribution in [2.75, 3.05) is 26.7 Å². The van der Waals surface area contributed by atoms with Crippen molar-refractivity contribution in [1.29, 1.82) is 0 Å². The van der Waals surface area contributed by atoms with Crippen molar-refractivity contribution in [3.63, 3.8) is 0 Å². The molecule has 2 aromatic rings. The summed E-state index contributed by atoms with van der Waals surface area (Å²) in [6.07, 6.45) is 2.24. The van der Waals surface area contributed by atoms with E-state index in [0.29, 0.717) is 36.2 Å². The Balaban J connectivity index is 1.55. The second kappa shape index (κ2) is 6.42. The Kier molecular flexibility index (Phi) is 4.22. The van der Waals surface area contributed by atoms with Crippen LogP contribution in [0.2, 0.25) is 0 Å². The van der Waals surface area contributed by atoms with Crippen LogP contribution in [0.3, 0.4) is 0 Å². The number of hydrogen-bond donors (Lipinski definition) is 0. The summed E-state index contributed by atoms with van der Waals surface area (Å²) in [5.41, 5.74) is 2.75. The Labute approximate surface area is 152 Å². The fourth-order valence-electron chi connectivity index (χ4n) is 3.28. The van der Waals surface area contributed by atoms with Gasteiger partial charge in [-0.25, -0.2) is 4.98 Å². The lowest BCUT2D eigenvalue weighted by atomic mass is 10.1. The summed E-state index contributed by atoms with van der Waals surface area (Å²) in [6.45, 7) is 7.54. The average molecular weight is 356 g/mol. The standard InChI is InChI=1S/C18H24N6O2/c1-10-11(2)20-15(12(3)19-10)18(25)24-8-7-23(4)14(9-24)16-21-17(26-22-16)13-5-6-13/h13-14H,5-9H2,1-4H3. The highest BCUT2D eigenvalue weighted by Crippen LogP contribution is 2.39. The zero-order valence-electron chi connectivity index (χ0n) is 15.7. The van der Waals surface area contributed by atoms with Crippen LogP contribution in [0.5, 0.6) is 0 Å². The van der Waals surface area contributed by atoms with Crippen LogP contribution in [0.4, 0.5) is 0 Å². The molecule has 8 heteroatoms. The van der Waals surface area contributed by atoms with Gasteiger partial charge < -0.3 is 9.42 Å². The quantitative estimate of drug-likeness (QED) is 0.828. The van der Waals surface area contributed by atoms with Gasteiger partial charge in [0.1, 0.15) is 5.69 Å². The van der Waals surface area contributed by atoms with Crippen LogP contribution in [0.1, 0.15) is 64.1 Å². The molecule has 8 nitrogen and oxygen atoms in total. The Hall–Kier alpha value is -2.35. The molecular weight excluding hydrogens is 332 g/mol. The minimum atomic E-state index is -0.0814. The maximum atomic E-state index is 13.0. The second-order valence-corrected chi connectivity index (χ2v) is 7.34. The lowest BCUT2D eigenvalue weighted by molar-refractivity contribution is 0.0522. The van der Waals surface area contributed by atoms with Crippen molar-refractivity contribution in [2.45, 2.75) is 45.6 Å². The molecule has 0 aromatic carbocycles. The zero-order chi connectivity index (χ0) is 18.4. The van der Waals surface area contributed by atoms with Gasteiger partial charge >= 0.3 is 0 Å². The predicted molar refractivity (Wildman–Crippen MR) is 93.8 cm³/mol. The molecule has 26 heavy (non-hydrogen) atoms.